The number of methoxy groups -OCH3 is 1. The molecule has 2 atom stereocenters. The molecular formula is C21H35N3O2. The van der Waals surface area contributed by atoms with E-state index < -0.39 is 6.04 Å². The molecule has 1 aliphatic rings. The van der Waals surface area contributed by atoms with Gasteiger partial charge < -0.3 is 21.1 Å². The van der Waals surface area contributed by atoms with Crippen LogP contribution < -0.4 is 21.1 Å². The van der Waals surface area contributed by atoms with Crippen LogP contribution in [0.25, 0.3) is 0 Å². The Morgan fingerprint density at radius 3 is 2.42 bits per heavy atom. The number of amides is 1. The zero-order valence-corrected chi connectivity index (χ0v) is 16.7. The first-order valence-electron chi connectivity index (χ1n) is 9.85. The number of ether oxygens (including phenoxy) is 1. The van der Waals surface area contributed by atoms with Gasteiger partial charge in [-0.1, -0.05) is 32.1 Å². The molecule has 1 aromatic rings. The van der Waals surface area contributed by atoms with Crippen LogP contribution in [-0.4, -0.2) is 31.6 Å². The number of hydrogen-bond donors (Lipinski definition) is 3. The van der Waals surface area contributed by atoms with Crippen molar-refractivity contribution in [3.8, 4) is 5.75 Å². The quantitative estimate of drug-likeness (QED) is 0.662. The lowest BCUT2D eigenvalue weighted by molar-refractivity contribution is -0.123. The van der Waals surface area contributed by atoms with Gasteiger partial charge in [0.1, 0.15) is 5.75 Å². The van der Waals surface area contributed by atoms with E-state index in [0.29, 0.717) is 12.5 Å². The summed E-state index contributed by atoms with van der Waals surface area (Å²) in [4.78, 5) is 12.4. The van der Waals surface area contributed by atoms with Gasteiger partial charge in [-0.25, -0.2) is 0 Å². The van der Waals surface area contributed by atoms with Gasteiger partial charge in [0, 0.05) is 18.3 Å². The summed E-state index contributed by atoms with van der Waals surface area (Å²) in [6.07, 6.45) is 7.12. The minimum absolute atomic E-state index is 0.0146. The summed E-state index contributed by atoms with van der Waals surface area (Å²) in [6.45, 7) is 6.78. The topological polar surface area (TPSA) is 76.4 Å². The molecule has 1 saturated carbocycles. The molecule has 0 aromatic heterocycles. The molecule has 0 spiro atoms. The zero-order valence-electron chi connectivity index (χ0n) is 16.7. The van der Waals surface area contributed by atoms with Gasteiger partial charge in [-0.15, -0.1) is 0 Å². The van der Waals surface area contributed by atoms with E-state index in [1.165, 1.54) is 32.1 Å². The van der Waals surface area contributed by atoms with Crippen molar-refractivity contribution >= 4 is 11.6 Å². The van der Waals surface area contributed by atoms with Gasteiger partial charge in [0.25, 0.3) is 0 Å². The Hall–Kier alpha value is -1.75. The summed E-state index contributed by atoms with van der Waals surface area (Å²) < 4.78 is 5.30. The first kappa shape index (κ1) is 20.6. The lowest BCUT2D eigenvalue weighted by Gasteiger charge is -2.25. The van der Waals surface area contributed by atoms with Crippen molar-refractivity contribution < 1.29 is 9.53 Å². The number of carbonyl (C=O) groups excluding carboxylic acids is 1. The van der Waals surface area contributed by atoms with Crippen molar-refractivity contribution in [2.75, 3.05) is 19.0 Å². The van der Waals surface area contributed by atoms with Crippen LogP contribution >= 0.6 is 0 Å². The van der Waals surface area contributed by atoms with Crippen LogP contribution in [0.2, 0.25) is 0 Å². The summed E-state index contributed by atoms with van der Waals surface area (Å²) in [5, 5.41) is 6.50. The number of nitrogens with one attached hydrogen (secondary N) is 2. The fourth-order valence-corrected chi connectivity index (χ4v) is 3.87. The molecule has 2 rings (SSSR count). The van der Waals surface area contributed by atoms with E-state index >= 15 is 0 Å². The molecule has 26 heavy (non-hydrogen) atoms. The predicted molar refractivity (Wildman–Crippen MR) is 108 cm³/mol. The molecule has 1 fully saturated rings. The molecule has 0 unspecified atom stereocenters. The number of carbonyl (C=O) groups is 1. The number of nitrogens with two attached hydrogens (primary N) is 1. The lowest BCUT2D eigenvalue weighted by Crippen LogP contribution is -2.47. The highest BCUT2D eigenvalue weighted by Crippen LogP contribution is 2.27. The van der Waals surface area contributed by atoms with Crippen LogP contribution in [0.4, 0.5) is 5.69 Å². The SMILES string of the molecule is COc1cc(C)c(NC[C@H](C)NC(=O)[C@@H](N)CC2CCCCC2)c(C)c1. The average Bonchev–Trinajstić information content (AvgIpc) is 2.61. The molecule has 5 nitrogen and oxygen atoms in total. The van der Waals surface area contributed by atoms with Crippen LogP contribution in [0, 0.1) is 19.8 Å². The third kappa shape index (κ3) is 5.90. The third-order valence-electron chi connectivity index (χ3n) is 5.36. The van der Waals surface area contributed by atoms with Crippen LogP contribution in [0.1, 0.15) is 56.6 Å². The number of benzene rings is 1. The highest BCUT2D eigenvalue weighted by atomic mass is 16.5. The first-order chi connectivity index (χ1) is 12.4. The van der Waals surface area contributed by atoms with E-state index in [1.807, 2.05) is 19.1 Å². The molecule has 0 heterocycles. The lowest BCUT2D eigenvalue weighted by atomic mass is 9.85. The van der Waals surface area contributed by atoms with Gasteiger partial charge in [-0.3, -0.25) is 4.79 Å². The monoisotopic (exact) mass is 361 g/mol. The summed E-state index contributed by atoms with van der Waals surface area (Å²) in [5.74, 6) is 1.44. The second kappa shape index (κ2) is 9.81. The van der Waals surface area contributed by atoms with Crippen LogP contribution in [0.3, 0.4) is 0 Å². The van der Waals surface area contributed by atoms with Gasteiger partial charge in [0.2, 0.25) is 5.91 Å². The first-order valence-corrected chi connectivity index (χ1v) is 9.85. The Labute approximate surface area is 158 Å². The highest BCUT2D eigenvalue weighted by Gasteiger charge is 2.22. The Bertz CT molecular complexity index is 574. The maximum absolute atomic E-state index is 12.4. The minimum atomic E-state index is -0.398. The van der Waals surface area contributed by atoms with Gasteiger partial charge >= 0.3 is 0 Å². The number of aryl methyl sites for hydroxylation is 2. The molecule has 0 radical (unpaired) electrons. The molecular weight excluding hydrogens is 326 g/mol. The van der Waals surface area contributed by atoms with Gasteiger partial charge in [0.15, 0.2) is 0 Å². The molecule has 0 aliphatic heterocycles. The van der Waals surface area contributed by atoms with Gasteiger partial charge in [0.05, 0.1) is 13.2 Å². The smallest absolute Gasteiger partial charge is 0.237 e. The van der Waals surface area contributed by atoms with E-state index in [4.69, 9.17) is 10.5 Å². The second-order valence-corrected chi connectivity index (χ2v) is 7.77. The Morgan fingerprint density at radius 1 is 1.23 bits per heavy atom. The van der Waals surface area contributed by atoms with Crippen molar-refractivity contribution in [2.24, 2.45) is 11.7 Å². The Kier molecular flexibility index (Phi) is 7.76. The van der Waals surface area contributed by atoms with Crippen molar-refractivity contribution in [1.29, 1.82) is 0 Å². The third-order valence-corrected chi connectivity index (χ3v) is 5.36. The molecule has 0 bridgehead atoms. The summed E-state index contributed by atoms with van der Waals surface area (Å²) in [7, 11) is 1.68. The van der Waals surface area contributed by atoms with Crippen molar-refractivity contribution in [3.05, 3.63) is 23.3 Å². The summed E-state index contributed by atoms with van der Waals surface area (Å²) >= 11 is 0. The standard InChI is InChI=1S/C21H35N3O2/c1-14-10-18(26-4)11-15(2)20(14)23-13-16(3)24-21(25)19(22)12-17-8-6-5-7-9-17/h10-11,16-17,19,23H,5-9,12-13,22H2,1-4H3,(H,24,25)/t16-,19-/m0/s1. The maximum Gasteiger partial charge on any atom is 0.237 e. The largest absolute Gasteiger partial charge is 0.497 e. The molecule has 5 heteroatoms. The number of hydrogen-bond acceptors (Lipinski definition) is 4. The van der Waals surface area contributed by atoms with E-state index in [-0.39, 0.29) is 11.9 Å². The second-order valence-electron chi connectivity index (χ2n) is 7.77. The normalized spacial score (nSPS) is 17.4. The molecule has 1 aliphatic carbocycles. The highest BCUT2D eigenvalue weighted by molar-refractivity contribution is 5.81. The van der Waals surface area contributed by atoms with Crippen LogP contribution in [0.5, 0.6) is 5.75 Å². The van der Waals surface area contributed by atoms with Crippen molar-refractivity contribution in [1.82, 2.24) is 5.32 Å². The van der Waals surface area contributed by atoms with E-state index in [0.717, 1.165) is 29.0 Å². The average molecular weight is 362 g/mol. The van der Waals surface area contributed by atoms with Crippen LogP contribution in [-0.2, 0) is 4.79 Å². The maximum atomic E-state index is 12.4. The fourth-order valence-electron chi connectivity index (χ4n) is 3.87. The Morgan fingerprint density at radius 2 is 1.85 bits per heavy atom. The van der Waals surface area contributed by atoms with Crippen molar-refractivity contribution in [2.45, 2.75) is 71.4 Å². The van der Waals surface area contributed by atoms with E-state index in [9.17, 15) is 4.79 Å². The number of anilines is 1. The van der Waals surface area contributed by atoms with Gasteiger partial charge in [-0.05, 0) is 56.4 Å². The molecule has 1 amide bonds. The van der Waals surface area contributed by atoms with E-state index in [2.05, 4.69) is 24.5 Å². The summed E-state index contributed by atoms with van der Waals surface area (Å²) in [5.41, 5.74) is 9.50. The fraction of sp³-hybridized carbons (Fsp3) is 0.667. The summed E-state index contributed by atoms with van der Waals surface area (Å²) in [6, 6.07) is 3.64. The van der Waals surface area contributed by atoms with E-state index in [1.54, 1.807) is 7.11 Å². The molecule has 146 valence electrons. The predicted octanol–water partition coefficient (Wildman–Crippen LogP) is 3.53. The molecule has 1 aromatic carbocycles. The Balaban J connectivity index is 1.80. The van der Waals surface area contributed by atoms with Crippen LogP contribution in [0.15, 0.2) is 12.1 Å². The number of rotatable bonds is 8. The van der Waals surface area contributed by atoms with Crippen molar-refractivity contribution in [3.63, 3.8) is 0 Å². The zero-order chi connectivity index (χ0) is 19.1. The minimum Gasteiger partial charge on any atom is -0.497 e. The molecule has 0 saturated heterocycles. The van der Waals surface area contributed by atoms with Gasteiger partial charge in [-0.2, -0.15) is 0 Å². The molecule has 4 N–H and O–H groups in total.